The van der Waals surface area contributed by atoms with Crippen LogP contribution in [-0.4, -0.2) is 22.7 Å². The lowest BCUT2D eigenvalue weighted by Gasteiger charge is -2.15. The molecule has 148 valence electrons. The first-order valence-electron chi connectivity index (χ1n) is 8.62. The summed E-state index contributed by atoms with van der Waals surface area (Å²) in [6, 6.07) is 15.2. The highest BCUT2D eigenvalue weighted by Gasteiger charge is 2.37. The van der Waals surface area contributed by atoms with Crippen molar-refractivity contribution < 1.29 is 29.2 Å². The molecular formula is C21H11N2O7-. The van der Waals surface area contributed by atoms with Gasteiger partial charge in [-0.1, -0.05) is 12.1 Å². The van der Waals surface area contributed by atoms with Crippen molar-refractivity contribution in [2.24, 2.45) is 0 Å². The third-order valence-corrected chi connectivity index (χ3v) is 4.48. The average Bonchev–Trinajstić information content (AvgIpc) is 2.98. The largest absolute Gasteiger partial charge is 0.545 e. The van der Waals surface area contributed by atoms with Gasteiger partial charge < -0.3 is 14.6 Å². The van der Waals surface area contributed by atoms with Crippen LogP contribution in [0.4, 0.5) is 11.4 Å². The number of benzene rings is 3. The van der Waals surface area contributed by atoms with Crippen molar-refractivity contribution in [2.75, 3.05) is 4.90 Å². The second-order valence-electron chi connectivity index (χ2n) is 6.34. The Morgan fingerprint density at radius 2 is 1.57 bits per heavy atom. The number of nitro groups is 1. The molecule has 9 nitrogen and oxygen atoms in total. The first-order valence-corrected chi connectivity index (χ1v) is 8.62. The van der Waals surface area contributed by atoms with Gasteiger partial charge in [-0.15, -0.1) is 0 Å². The van der Waals surface area contributed by atoms with Crippen LogP contribution in [0.1, 0.15) is 31.1 Å². The van der Waals surface area contributed by atoms with Crippen LogP contribution in [0.25, 0.3) is 0 Å². The van der Waals surface area contributed by atoms with Crippen LogP contribution >= 0.6 is 0 Å². The Hall–Kier alpha value is -4.53. The summed E-state index contributed by atoms with van der Waals surface area (Å²) in [5, 5.41) is 21.8. The minimum absolute atomic E-state index is 0.0246. The molecule has 30 heavy (non-hydrogen) atoms. The molecule has 0 saturated heterocycles. The van der Waals surface area contributed by atoms with Crippen LogP contribution in [0.5, 0.6) is 11.5 Å². The maximum atomic E-state index is 12.7. The number of non-ortho nitro benzene ring substituents is 1. The van der Waals surface area contributed by atoms with Gasteiger partial charge in [0.05, 0.1) is 27.7 Å². The van der Waals surface area contributed by atoms with Crippen molar-refractivity contribution in [1.29, 1.82) is 0 Å². The maximum Gasteiger partial charge on any atom is 0.269 e. The van der Waals surface area contributed by atoms with Crippen molar-refractivity contribution in [2.45, 2.75) is 0 Å². The molecule has 3 aromatic carbocycles. The minimum atomic E-state index is -1.45. The number of nitrogens with zero attached hydrogens (tertiary/aromatic N) is 2. The zero-order valence-corrected chi connectivity index (χ0v) is 15.1. The lowest BCUT2D eigenvalue weighted by atomic mass is 10.1. The molecule has 1 aliphatic heterocycles. The number of carbonyl (C=O) groups excluding carboxylic acids is 3. The number of anilines is 1. The average molecular weight is 403 g/mol. The normalized spacial score (nSPS) is 12.6. The topological polar surface area (TPSA) is 130 Å². The zero-order chi connectivity index (χ0) is 21.4. The Bertz CT molecular complexity index is 1220. The number of aromatic carboxylic acids is 1. The van der Waals surface area contributed by atoms with Gasteiger partial charge >= 0.3 is 0 Å². The first-order chi connectivity index (χ1) is 14.3. The Labute approximate surface area is 168 Å². The molecule has 0 saturated carbocycles. The van der Waals surface area contributed by atoms with Crippen LogP contribution in [0.3, 0.4) is 0 Å². The van der Waals surface area contributed by atoms with Crippen molar-refractivity contribution in [1.82, 2.24) is 0 Å². The molecule has 0 aliphatic carbocycles. The van der Waals surface area contributed by atoms with E-state index in [0.717, 1.165) is 11.0 Å². The third-order valence-electron chi connectivity index (χ3n) is 4.48. The number of hydrogen-bond acceptors (Lipinski definition) is 7. The lowest BCUT2D eigenvalue weighted by Crippen LogP contribution is -2.29. The number of rotatable bonds is 5. The molecule has 4 rings (SSSR count). The van der Waals surface area contributed by atoms with E-state index in [9.17, 15) is 29.6 Å². The summed E-state index contributed by atoms with van der Waals surface area (Å²) in [6.07, 6.45) is 0. The van der Waals surface area contributed by atoms with E-state index >= 15 is 0 Å². The van der Waals surface area contributed by atoms with Gasteiger partial charge in [0.2, 0.25) is 0 Å². The van der Waals surface area contributed by atoms with Crippen LogP contribution < -0.4 is 14.7 Å². The highest BCUT2D eigenvalue weighted by atomic mass is 16.6. The summed E-state index contributed by atoms with van der Waals surface area (Å²) in [4.78, 5) is 47.6. The van der Waals surface area contributed by atoms with Gasteiger partial charge in [0.25, 0.3) is 17.5 Å². The summed E-state index contributed by atoms with van der Waals surface area (Å²) in [5.74, 6) is -2.07. The summed E-state index contributed by atoms with van der Waals surface area (Å²) in [6.45, 7) is 0. The molecule has 0 atom stereocenters. The van der Waals surface area contributed by atoms with E-state index in [-0.39, 0.29) is 28.1 Å². The van der Waals surface area contributed by atoms with Gasteiger partial charge in [-0.25, -0.2) is 4.90 Å². The Kier molecular flexibility index (Phi) is 4.47. The molecule has 1 aliphatic rings. The zero-order valence-electron chi connectivity index (χ0n) is 15.1. The fourth-order valence-corrected chi connectivity index (χ4v) is 3.06. The highest BCUT2D eigenvalue weighted by molar-refractivity contribution is 6.34. The number of carbonyl (C=O) groups is 3. The standard InChI is InChI=1S/C21H12N2O7/c24-19-17-9-4-12(21(26)27)10-18(17)20(25)22(19)14-2-1-3-16(11-14)30-15-7-5-13(6-8-15)23(28)29/h1-11H,(H,26,27)/p-1. The smallest absolute Gasteiger partial charge is 0.269 e. The fraction of sp³-hybridized carbons (Fsp3) is 0. The lowest BCUT2D eigenvalue weighted by molar-refractivity contribution is -0.384. The summed E-state index contributed by atoms with van der Waals surface area (Å²) in [7, 11) is 0. The molecule has 2 amide bonds. The Balaban J connectivity index is 1.62. The quantitative estimate of drug-likeness (QED) is 0.363. The molecule has 9 heteroatoms. The maximum absolute atomic E-state index is 12.7. The molecular weight excluding hydrogens is 392 g/mol. The van der Waals surface area contributed by atoms with Gasteiger partial charge in [-0.3, -0.25) is 19.7 Å². The van der Waals surface area contributed by atoms with E-state index in [1.165, 1.54) is 48.5 Å². The SMILES string of the molecule is O=C([O-])c1ccc2c(c1)C(=O)N(c1cccc(Oc3ccc([N+](=O)[O-])cc3)c1)C2=O. The second kappa shape index (κ2) is 7.13. The van der Waals surface area contributed by atoms with Crippen molar-refractivity contribution in [3.63, 3.8) is 0 Å². The number of ether oxygens (including phenoxy) is 1. The predicted octanol–water partition coefficient (Wildman–Crippen LogP) is 2.55. The fourth-order valence-electron chi connectivity index (χ4n) is 3.06. The molecule has 0 bridgehead atoms. The second-order valence-corrected chi connectivity index (χ2v) is 6.34. The minimum Gasteiger partial charge on any atom is -0.545 e. The van der Waals surface area contributed by atoms with Crippen molar-refractivity contribution >= 4 is 29.2 Å². The summed E-state index contributed by atoms with van der Waals surface area (Å²) >= 11 is 0. The molecule has 0 aromatic heterocycles. The van der Waals surface area contributed by atoms with Crippen molar-refractivity contribution in [3.8, 4) is 11.5 Å². The van der Waals surface area contributed by atoms with E-state index in [2.05, 4.69) is 0 Å². The Morgan fingerprint density at radius 1 is 0.867 bits per heavy atom. The number of amides is 2. The van der Waals surface area contributed by atoms with E-state index in [1.54, 1.807) is 12.1 Å². The number of hydrogen-bond donors (Lipinski definition) is 0. The van der Waals surface area contributed by atoms with Gasteiger partial charge in [-0.2, -0.15) is 0 Å². The van der Waals surface area contributed by atoms with Crippen LogP contribution in [0.15, 0.2) is 66.7 Å². The molecule has 0 unspecified atom stereocenters. The van der Waals surface area contributed by atoms with E-state index in [4.69, 9.17) is 4.74 Å². The third kappa shape index (κ3) is 3.24. The molecule has 0 radical (unpaired) electrons. The van der Waals surface area contributed by atoms with Gasteiger partial charge in [0.1, 0.15) is 11.5 Å². The van der Waals surface area contributed by atoms with Gasteiger partial charge in [0, 0.05) is 18.2 Å². The number of nitro benzene ring substituents is 1. The van der Waals surface area contributed by atoms with Crippen LogP contribution in [-0.2, 0) is 0 Å². The molecule has 3 aromatic rings. The molecule has 0 spiro atoms. The summed E-state index contributed by atoms with van der Waals surface area (Å²) < 4.78 is 5.65. The number of fused-ring (bicyclic) bond motifs is 1. The Morgan fingerprint density at radius 3 is 2.23 bits per heavy atom. The van der Waals surface area contributed by atoms with E-state index in [0.29, 0.717) is 11.5 Å². The van der Waals surface area contributed by atoms with Gasteiger partial charge in [0.15, 0.2) is 0 Å². The number of carboxylic acid groups (broad SMARTS) is 1. The van der Waals surface area contributed by atoms with Crippen LogP contribution in [0.2, 0.25) is 0 Å². The summed E-state index contributed by atoms with van der Waals surface area (Å²) in [5.41, 5.74) is 0.00996. The van der Waals surface area contributed by atoms with E-state index in [1.807, 2.05) is 0 Å². The molecule has 0 N–H and O–H groups in total. The van der Waals surface area contributed by atoms with Crippen molar-refractivity contribution in [3.05, 3.63) is 93.5 Å². The molecule has 1 heterocycles. The number of carboxylic acids is 1. The highest BCUT2D eigenvalue weighted by Crippen LogP contribution is 2.32. The van der Waals surface area contributed by atoms with Crippen LogP contribution in [0, 0.1) is 10.1 Å². The monoisotopic (exact) mass is 403 g/mol. The van der Waals surface area contributed by atoms with Gasteiger partial charge in [-0.05, 0) is 42.0 Å². The first kappa shape index (κ1) is 18.8. The predicted molar refractivity (Wildman–Crippen MR) is 102 cm³/mol. The van der Waals surface area contributed by atoms with E-state index < -0.39 is 22.7 Å². The molecule has 0 fully saturated rings. The number of imide groups is 1.